The summed E-state index contributed by atoms with van der Waals surface area (Å²) in [5, 5.41) is 2.36. The predicted molar refractivity (Wildman–Crippen MR) is 81.9 cm³/mol. The van der Waals surface area contributed by atoms with E-state index in [1.165, 1.54) is 11.1 Å². The zero-order valence-corrected chi connectivity index (χ0v) is 12.9. The highest BCUT2D eigenvalue weighted by Crippen LogP contribution is 2.43. The molecule has 1 aliphatic rings. The molecule has 1 aromatic carbocycles. The average Bonchev–Trinajstić information content (AvgIpc) is 2.83. The van der Waals surface area contributed by atoms with Gasteiger partial charge in [0.15, 0.2) is 0 Å². The van der Waals surface area contributed by atoms with Crippen molar-refractivity contribution in [3.63, 3.8) is 0 Å². The van der Waals surface area contributed by atoms with Crippen molar-refractivity contribution in [1.82, 2.24) is 4.98 Å². The topological polar surface area (TPSA) is 22.1 Å². The van der Waals surface area contributed by atoms with Gasteiger partial charge in [-0.05, 0) is 30.5 Å². The lowest BCUT2D eigenvalue weighted by atomic mass is 10.0. The third-order valence-corrected chi connectivity index (χ3v) is 5.71. The number of fused-ring (bicyclic) bond motifs is 2. The molecule has 0 aliphatic carbocycles. The fourth-order valence-corrected chi connectivity index (χ4v) is 4.11. The Morgan fingerprint density at radius 1 is 1.42 bits per heavy atom. The standard InChI is InChI=1S/C14H13Cl2NOS/c1-7-8-4-3-5-10(18-2)12(8)17-14-9(7)6-11(19-14)13(15)16/h3-5,11,13H,6H2,1-2H3/t11-/m0/s1. The summed E-state index contributed by atoms with van der Waals surface area (Å²) in [6, 6.07) is 6.01. The number of nitrogens with zero attached hydrogens (tertiary/aromatic N) is 1. The Hall–Kier alpha value is -0.640. The first kappa shape index (κ1) is 13.3. The van der Waals surface area contributed by atoms with Crippen molar-refractivity contribution in [1.29, 1.82) is 0 Å². The number of ether oxygens (including phenoxy) is 1. The molecular weight excluding hydrogens is 301 g/mol. The molecule has 2 heterocycles. The van der Waals surface area contributed by atoms with Crippen LogP contribution in [0, 0.1) is 6.92 Å². The molecule has 0 amide bonds. The second-order valence-corrected chi connectivity index (χ2v) is 6.96. The van der Waals surface area contributed by atoms with Gasteiger partial charge in [-0.2, -0.15) is 0 Å². The van der Waals surface area contributed by atoms with Crippen LogP contribution >= 0.6 is 35.0 Å². The van der Waals surface area contributed by atoms with Crippen molar-refractivity contribution in [3.05, 3.63) is 29.3 Å². The molecule has 2 nitrogen and oxygen atoms in total. The van der Waals surface area contributed by atoms with E-state index in [1.807, 2.05) is 12.1 Å². The monoisotopic (exact) mass is 313 g/mol. The quantitative estimate of drug-likeness (QED) is 0.768. The Balaban J connectivity index is 2.20. The number of para-hydroxylation sites is 1. The van der Waals surface area contributed by atoms with Crippen LogP contribution in [-0.2, 0) is 6.42 Å². The van der Waals surface area contributed by atoms with E-state index < -0.39 is 0 Å². The van der Waals surface area contributed by atoms with Gasteiger partial charge < -0.3 is 4.74 Å². The molecule has 19 heavy (non-hydrogen) atoms. The molecule has 0 N–H and O–H groups in total. The van der Waals surface area contributed by atoms with E-state index in [2.05, 4.69) is 13.0 Å². The second kappa shape index (κ2) is 5.04. The summed E-state index contributed by atoms with van der Waals surface area (Å²) in [5.74, 6) is 0.806. The van der Waals surface area contributed by atoms with Crippen LogP contribution in [0.1, 0.15) is 11.1 Å². The Bertz CT molecular complexity index is 645. The summed E-state index contributed by atoms with van der Waals surface area (Å²) in [6.07, 6.45) is 0.879. The van der Waals surface area contributed by atoms with Gasteiger partial charge in [-0.3, -0.25) is 0 Å². The van der Waals surface area contributed by atoms with E-state index in [4.69, 9.17) is 32.9 Å². The molecule has 5 heteroatoms. The van der Waals surface area contributed by atoms with Gasteiger partial charge >= 0.3 is 0 Å². The van der Waals surface area contributed by atoms with Crippen molar-refractivity contribution >= 4 is 45.9 Å². The van der Waals surface area contributed by atoms with Crippen molar-refractivity contribution in [2.75, 3.05) is 7.11 Å². The maximum atomic E-state index is 6.01. The van der Waals surface area contributed by atoms with Crippen LogP contribution in [0.4, 0.5) is 0 Å². The number of alkyl halides is 2. The van der Waals surface area contributed by atoms with Crippen LogP contribution in [0.5, 0.6) is 5.75 Å². The van der Waals surface area contributed by atoms with E-state index in [1.54, 1.807) is 18.9 Å². The molecule has 0 saturated carbocycles. The van der Waals surface area contributed by atoms with Gasteiger partial charge in [-0.1, -0.05) is 23.9 Å². The Morgan fingerprint density at radius 3 is 2.89 bits per heavy atom. The van der Waals surface area contributed by atoms with Gasteiger partial charge in [0.25, 0.3) is 0 Å². The minimum Gasteiger partial charge on any atom is -0.494 e. The van der Waals surface area contributed by atoms with E-state index in [-0.39, 0.29) is 10.1 Å². The third kappa shape index (κ3) is 2.18. The van der Waals surface area contributed by atoms with Gasteiger partial charge in [0.05, 0.1) is 7.11 Å². The maximum absolute atomic E-state index is 6.01. The van der Waals surface area contributed by atoms with Gasteiger partial charge in [-0.15, -0.1) is 23.2 Å². The van der Waals surface area contributed by atoms with Crippen molar-refractivity contribution in [2.24, 2.45) is 0 Å². The molecule has 0 saturated heterocycles. The number of thioether (sulfide) groups is 1. The van der Waals surface area contributed by atoms with Crippen molar-refractivity contribution < 1.29 is 4.74 Å². The number of benzene rings is 1. The van der Waals surface area contributed by atoms with E-state index in [0.29, 0.717) is 0 Å². The highest BCUT2D eigenvalue weighted by atomic mass is 35.5. The number of halogens is 2. The summed E-state index contributed by atoms with van der Waals surface area (Å²) in [6.45, 7) is 2.13. The third-order valence-electron chi connectivity index (χ3n) is 3.50. The lowest BCUT2D eigenvalue weighted by Crippen LogP contribution is -2.10. The zero-order valence-electron chi connectivity index (χ0n) is 10.6. The molecule has 0 radical (unpaired) electrons. The van der Waals surface area contributed by atoms with Crippen LogP contribution in [0.25, 0.3) is 10.9 Å². The zero-order chi connectivity index (χ0) is 13.6. The van der Waals surface area contributed by atoms with Gasteiger partial charge in [0.2, 0.25) is 0 Å². The molecule has 1 aromatic heterocycles. The number of rotatable bonds is 2. The van der Waals surface area contributed by atoms with Gasteiger partial charge in [0, 0.05) is 10.6 Å². The molecule has 2 aromatic rings. The maximum Gasteiger partial charge on any atom is 0.145 e. The summed E-state index contributed by atoms with van der Waals surface area (Å²) in [5.41, 5.74) is 3.43. The number of aromatic nitrogens is 1. The normalized spacial score (nSPS) is 18.1. The predicted octanol–water partition coefficient (Wildman–Crippen LogP) is 4.37. The van der Waals surface area contributed by atoms with Crippen LogP contribution in [0.2, 0.25) is 0 Å². The highest BCUT2D eigenvalue weighted by Gasteiger charge is 2.30. The second-order valence-electron chi connectivity index (χ2n) is 4.57. The largest absolute Gasteiger partial charge is 0.494 e. The first-order valence-corrected chi connectivity index (χ1v) is 7.78. The van der Waals surface area contributed by atoms with Crippen molar-refractivity contribution in [2.45, 2.75) is 28.5 Å². The smallest absolute Gasteiger partial charge is 0.145 e. The van der Waals surface area contributed by atoms with E-state index >= 15 is 0 Å². The Labute approximate surface area is 126 Å². The molecule has 100 valence electrons. The van der Waals surface area contributed by atoms with Crippen LogP contribution < -0.4 is 4.74 Å². The molecule has 0 fully saturated rings. The molecule has 1 aliphatic heterocycles. The molecule has 1 atom stereocenters. The lowest BCUT2D eigenvalue weighted by Gasteiger charge is -2.10. The number of hydrogen-bond acceptors (Lipinski definition) is 3. The molecule has 0 unspecified atom stereocenters. The van der Waals surface area contributed by atoms with Crippen molar-refractivity contribution in [3.8, 4) is 5.75 Å². The average molecular weight is 314 g/mol. The van der Waals surface area contributed by atoms with E-state index in [9.17, 15) is 0 Å². The Kier molecular flexibility index (Phi) is 3.54. The summed E-state index contributed by atoms with van der Waals surface area (Å²) in [7, 11) is 1.67. The lowest BCUT2D eigenvalue weighted by molar-refractivity contribution is 0.418. The van der Waals surface area contributed by atoms with Crippen LogP contribution in [0.15, 0.2) is 23.2 Å². The first-order valence-electron chi connectivity index (χ1n) is 6.03. The Morgan fingerprint density at radius 2 is 2.21 bits per heavy atom. The first-order chi connectivity index (χ1) is 9.11. The SMILES string of the molecule is COc1cccc2c(C)c3c(nc12)S[C@H](C(Cl)Cl)C3. The molecule has 3 rings (SSSR count). The molecule has 0 spiro atoms. The summed E-state index contributed by atoms with van der Waals surface area (Å²) in [4.78, 5) is 4.37. The minimum absolute atomic E-state index is 0.187. The van der Waals surface area contributed by atoms with Crippen LogP contribution in [-0.4, -0.2) is 22.2 Å². The number of aryl methyl sites for hydroxylation is 1. The molecule has 0 bridgehead atoms. The fraction of sp³-hybridized carbons (Fsp3) is 0.357. The highest BCUT2D eigenvalue weighted by molar-refractivity contribution is 8.00. The summed E-state index contributed by atoms with van der Waals surface area (Å²) >= 11 is 13.7. The minimum atomic E-state index is -0.372. The van der Waals surface area contributed by atoms with Gasteiger partial charge in [0.1, 0.15) is 21.1 Å². The van der Waals surface area contributed by atoms with Gasteiger partial charge in [-0.25, -0.2) is 4.98 Å². The van der Waals surface area contributed by atoms with E-state index in [0.717, 1.165) is 28.1 Å². The van der Waals surface area contributed by atoms with Crippen LogP contribution in [0.3, 0.4) is 0 Å². The number of hydrogen-bond donors (Lipinski definition) is 0. The molecular formula is C14H13Cl2NOS. The summed E-state index contributed by atoms with van der Waals surface area (Å²) < 4.78 is 5.39. The fourth-order valence-electron chi connectivity index (χ4n) is 2.46. The number of methoxy groups -OCH3 is 1. The number of pyridine rings is 1.